The highest BCUT2D eigenvalue weighted by atomic mass is 32.1. The normalized spacial score (nSPS) is 16.2. The summed E-state index contributed by atoms with van der Waals surface area (Å²) in [4.78, 5) is 27.4. The number of anilines is 1. The van der Waals surface area contributed by atoms with Gasteiger partial charge in [-0.25, -0.2) is 0 Å². The summed E-state index contributed by atoms with van der Waals surface area (Å²) < 4.78 is 5.10. The maximum Gasteiger partial charge on any atom is 0.291 e. The fourth-order valence-corrected chi connectivity index (χ4v) is 4.27. The van der Waals surface area contributed by atoms with Gasteiger partial charge < -0.3 is 14.6 Å². The van der Waals surface area contributed by atoms with Crippen molar-refractivity contribution in [1.82, 2.24) is 4.90 Å². The van der Waals surface area contributed by atoms with E-state index < -0.39 is 0 Å². The Kier molecular flexibility index (Phi) is 4.34. The average Bonchev–Trinajstić information content (AvgIpc) is 3.33. The van der Waals surface area contributed by atoms with Gasteiger partial charge in [-0.05, 0) is 53.3 Å². The Hall–Kier alpha value is -2.86. The highest BCUT2D eigenvalue weighted by Crippen LogP contribution is 2.38. The Morgan fingerprint density at radius 3 is 2.69 bits per heavy atom. The van der Waals surface area contributed by atoms with Crippen LogP contribution in [0.4, 0.5) is 5.69 Å². The lowest BCUT2D eigenvalue weighted by Gasteiger charge is -2.35. The Morgan fingerprint density at radius 2 is 2.00 bits per heavy atom. The van der Waals surface area contributed by atoms with E-state index in [0.717, 1.165) is 18.5 Å². The van der Waals surface area contributed by atoms with Crippen LogP contribution in [0.2, 0.25) is 0 Å². The first-order valence-corrected chi connectivity index (χ1v) is 9.30. The lowest BCUT2D eigenvalue weighted by atomic mass is 9.93. The van der Waals surface area contributed by atoms with Crippen LogP contribution in [-0.2, 0) is 11.2 Å². The number of nitrogens with zero attached hydrogens (tertiary/aromatic N) is 1. The van der Waals surface area contributed by atoms with Crippen molar-refractivity contribution in [3.63, 3.8) is 0 Å². The number of hydrogen-bond acceptors (Lipinski definition) is 4. The van der Waals surface area contributed by atoms with Gasteiger partial charge in [-0.3, -0.25) is 9.59 Å². The van der Waals surface area contributed by atoms with E-state index in [2.05, 4.69) is 16.8 Å². The second-order valence-electron chi connectivity index (χ2n) is 6.22. The fourth-order valence-electron chi connectivity index (χ4n) is 3.36. The van der Waals surface area contributed by atoms with Crippen molar-refractivity contribution in [3.8, 4) is 0 Å². The zero-order valence-corrected chi connectivity index (χ0v) is 15.1. The first-order chi connectivity index (χ1) is 12.6. The molecule has 1 aliphatic heterocycles. The highest BCUT2D eigenvalue weighted by molar-refractivity contribution is 7.10. The zero-order chi connectivity index (χ0) is 18.1. The van der Waals surface area contributed by atoms with Crippen LogP contribution in [-0.4, -0.2) is 23.3 Å². The van der Waals surface area contributed by atoms with Gasteiger partial charge in [-0.15, -0.1) is 11.3 Å². The number of carbonyl (C=O) groups is 2. The van der Waals surface area contributed by atoms with Crippen molar-refractivity contribution < 1.29 is 14.0 Å². The number of rotatable bonds is 3. The van der Waals surface area contributed by atoms with Crippen molar-refractivity contribution in [2.75, 3.05) is 11.9 Å². The Bertz CT molecular complexity index is 928. The molecule has 0 saturated heterocycles. The summed E-state index contributed by atoms with van der Waals surface area (Å²) in [6.07, 6.45) is 2.37. The summed E-state index contributed by atoms with van der Waals surface area (Å²) in [5, 5.41) is 4.89. The summed E-state index contributed by atoms with van der Waals surface area (Å²) in [5.41, 5.74) is 2.92. The molecule has 1 aromatic carbocycles. The van der Waals surface area contributed by atoms with Crippen molar-refractivity contribution in [3.05, 3.63) is 75.9 Å². The molecule has 2 amide bonds. The van der Waals surface area contributed by atoms with Crippen molar-refractivity contribution in [2.24, 2.45) is 0 Å². The summed E-state index contributed by atoms with van der Waals surface area (Å²) in [6.45, 7) is 2.34. The molecule has 132 valence electrons. The van der Waals surface area contributed by atoms with E-state index in [-0.39, 0.29) is 23.6 Å². The molecule has 3 aromatic rings. The van der Waals surface area contributed by atoms with E-state index in [9.17, 15) is 9.59 Å². The summed E-state index contributed by atoms with van der Waals surface area (Å²) in [6, 6.07) is 13.0. The smallest absolute Gasteiger partial charge is 0.291 e. The number of amides is 2. The largest absolute Gasteiger partial charge is 0.459 e. The molecule has 0 spiro atoms. The van der Waals surface area contributed by atoms with Gasteiger partial charge in [-0.1, -0.05) is 12.1 Å². The van der Waals surface area contributed by atoms with Crippen LogP contribution in [0.25, 0.3) is 0 Å². The number of nitrogens with one attached hydrogen (secondary N) is 1. The maximum atomic E-state index is 12.1. The van der Waals surface area contributed by atoms with Crippen LogP contribution in [0.5, 0.6) is 0 Å². The van der Waals surface area contributed by atoms with Gasteiger partial charge in [0.25, 0.3) is 5.91 Å². The minimum Gasteiger partial charge on any atom is -0.459 e. The molecule has 0 fully saturated rings. The number of hydrogen-bond donors (Lipinski definition) is 1. The topological polar surface area (TPSA) is 62.6 Å². The fraction of sp³-hybridized carbons (Fsp3) is 0.200. The highest BCUT2D eigenvalue weighted by Gasteiger charge is 2.31. The van der Waals surface area contributed by atoms with Crippen molar-refractivity contribution in [1.29, 1.82) is 0 Å². The number of carbonyl (C=O) groups excluding carboxylic acids is 2. The van der Waals surface area contributed by atoms with Crippen molar-refractivity contribution in [2.45, 2.75) is 19.4 Å². The van der Waals surface area contributed by atoms with E-state index in [0.29, 0.717) is 5.69 Å². The van der Waals surface area contributed by atoms with Crippen LogP contribution < -0.4 is 5.32 Å². The van der Waals surface area contributed by atoms with Gasteiger partial charge in [0.15, 0.2) is 5.76 Å². The average molecular weight is 366 g/mol. The minimum absolute atomic E-state index is 0.0713. The van der Waals surface area contributed by atoms with Crippen LogP contribution >= 0.6 is 11.3 Å². The van der Waals surface area contributed by atoms with Crippen LogP contribution in [0, 0.1) is 0 Å². The predicted molar refractivity (Wildman–Crippen MR) is 100 cm³/mol. The molecule has 2 aromatic heterocycles. The lowest BCUT2D eigenvalue weighted by Crippen LogP contribution is -2.38. The molecule has 5 nitrogen and oxygen atoms in total. The second kappa shape index (κ2) is 6.80. The Morgan fingerprint density at radius 1 is 1.19 bits per heavy atom. The molecular weight excluding hydrogens is 348 g/mol. The molecule has 0 aliphatic carbocycles. The van der Waals surface area contributed by atoms with E-state index >= 15 is 0 Å². The molecule has 1 aliphatic rings. The van der Waals surface area contributed by atoms with Crippen LogP contribution in [0.3, 0.4) is 0 Å². The molecule has 1 N–H and O–H groups in total. The first kappa shape index (κ1) is 16.6. The van der Waals surface area contributed by atoms with E-state index in [1.807, 2.05) is 29.2 Å². The third kappa shape index (κ3) is 3.04. The monoisotopic (exact) mass is 366 g/mol. The van der Waals surface area contributed by atoms with E-state index in [1.165, 1.54) is 16.7 Å². The third-order valence-corrected chi connectivity index (χ3v) is 5.60. The molecule has 0 radical (unpaired) electrons. The Balaban J connectivity index is 1.59. The molecule has 3 heterocycles. The number of benzene rings is 1. The van der Waals surface area contributed by atoms with Gasteiger partial charge in [0.2, 0.25) is 5.91 Å². The van der Waals surface area contributed by atoms with E-state index in [4.69, 9.17) is 4.42 Å². The lowest BCUT2D eigenvalue weighted by molar-refractivity contribution is -0.130. The number of furan rings is 1. The SMILES string of the molecule is CC(=O)N1CCc2sccc2C1c1ccc(NC(=O)c2ccco2)cc1. The minimum atomic E-state index is -0.286. The molecule has 1 unspecified atom stereocenters. The summed E-state index contributed by atoms with van der Waals surface area (Å²) in [5.74, 6) is 0.0555. The third-order valence-electron chi connectivity index (χ3n) is 4.60. The van der Waals surface area contributed by atoms with Gasteiger partial charge >= 0.3 is 0 Å². The molecule has 0 saturated carbocycles. The van der Waals surface area contributed by atoms with Crippen LogP contribution in [0.1, 0.15) is 39.5 Å². The molecule has 0 bridgehead atoms. The molecule has 1 atom stereocenters. The molecule has 4 rings (SSSR count). The quantitative estimate of drug-likeness (QED) is 0.759. The number of thiophene rings is 1. The van der Waals surface area contributed by atoms with E-state index in [1.54, 1.807) is 30.4 Å². The molecule has 26 heavy (non-hydrogen) atoms. The first-order valence-electron chi connectivity index (χ1n) is 8.42. The maximum absolute atomic E-state index is 12.1. The van der Waals surface area contributed by atoms with Gasteiger partial charge in [0, 0.05) is 24.0 Å². The second-order valence-corrected chi connectivity index (χ2v) is 7.22. The standard InChI is InChI=1S/C20H18N2O3S/c1-13(23)22-10-8-18-16(9-12-26-18)19(22)14-4-6-15(7-5-14)21-20(24)17-3-2-11-25-17/h2-7,9,11-12,19H,8,10H2,1H3,(H,21,24). The summed E-state index contributed by atoms with van der Waals surface area (Å²) in [7, 11) is 0. The van der Waals surface area contributed by atoms with Gasteiger partial charge in [0.05, 0.1) is 12.3 Å². The number of fused-ring (bicyclic) bond motifs is 1. The van der Waals surface area contributed by atoms with Crippen molar-refractivity contribution >= 4 is 28.8 Å². The predicted octanol–water partition coefficient (Wildman–Crippen LogP) is 4.09. The van der Waals surface area contributed by atoms with Crippen LogP contribution in [0.15, 0.2) is 58.5 Å². The zero-order valence-electron chi connectivity index (χ0n) is 14.3. The molecular formula is C20H18N2O3S. The Labute approximate surface area is 155 Å². The van der Waals surface area contributed by atoms with Gasteiger partial charge in [0.1, 0.15) is 0 Å². The molecule has 6 heteroatoms. The van der Waals surface area contributed by atoms with Gasteiger partial charge in [-0.2, -0.15) is 0 Å². The summed E-state index contributed by atoms with van der Waals surface area (Å²) >= 11 is 1.74.